The minimum atomic E-state index is 0.274. The number of nitrogens with two attached hydrogens (primary N) is 1. The number of hydrogen-bond acceptors (Lipinski definition) is 2. The zero-order valence-electron chi connectivity index (χ0n) is 10.3. The second kappa shape index (κ2) is 4.19. The Morgan fingerprint density at radius 2 is 1.93 bits per heavy atom. The fourth-order valence-electron chi connectivity index (χ4n) is 2.95. The van der Waals surface area contributed by atoms with Crippen LogP contribution in [0, 0.1) is 5.41 Å². The van der Waals surface area contributed by atoms with Gasteiger partial charge in [-0.25, -0.2) is 0 Å². The number of likely N-dealkylation sites (N-methyl/N-ethyl adjacent to an activating group) is 1. The van der Waals surface area contributed by atoms with Crippen LogP contribution in [0.2, 0.25) is 0 Å². The molecule has 0 bridgehead atoms. The third-order valence-corrected chi connectivity index (χ3v) is 3.97. The first-order chi connectivity index (χ1) is 6.46. The zero-order chi connectivity index (χ0) is 10.8. The molecule has 0 aromatic rings. The first-order valence-corrected chi connectivity index (χ1v) is 5.87. The molecule has 1 aliphatic rings. The Labute approximate surface area is 88.8 Å². The molecule has 0 saturated heterocycles. The Bertz CT molecular complexity index is 189. The molecular formula is C12H26N2. The molecule has 2 nitrogen and oxygen atoms in total. The molecule has 14 heavy (non-hydrogen) atoms. The molecule has 0 spiro atoms. The second-order valence-corrected chi connectivity index (χ2v) is 5.64. The van der Waals surface area contributed by atoms with Crippen LogP contribution < -0.4 is 5.73 Å². The fourth-order valence-corrected chi connectivity index (χ4v) is 2.95. The zero-order valence-corrected chi connectivity index (χ0v) is 10.3. The van der Waals surface area contributed by atoms with Gasteiger partial charge in [-0.2, -0.15) is 0 Å². The molecule has 2 N–H and O–H groups in total. The predicted octanol–water partition coefficient (Wildman–Crippen LogP) is 2.24. The van der Waals surface area contributed by atoms with Crippen LogP contribution in [-0.4, -0.2) is 30.6 Å². The van der Waals surface area contributed by atoms with Crippen molar-refractivity contribution in [1.29, 1.82) is 0 Å². The summed E-state index contributed by atoms with van der Waals surface area (Å²) in [6, 6.07) is 0. The van der Waals surface area contributed by atoms with E-state index < -0.39 is 0 Å². The van der Waals surface area contributed by atoms with Crippen molar-refractivity contribution >= 4 is 0 Å². The summed E-state index contributed by atoms with van der Waals surface area (Å²) in [5.41, 5.74) is 6.74. The van der Waals surface area contributed by atoms with Crippen LogP contribution in [0.3, 0.4) is 0 Å². The lowest BCUT2D eigenvalue weighted by Gasteiger charge is -2.49. The van der Waals surface area contributed by atoms with Crippen molar-refractivity contribution in [2.24, 2.45) is 11.1 Å². The van der Waals surface area contributed by atoms with Gasteiger partial charge in [-0.15, -0.1) is 0 Å². The molecule has 84 valence electrons. The van der Waals surface area contributed by atoms with Gasteiger partial charge in [0.1, 0.15) is 0 Å². The Balaban J connectivity index is 2.78. The minimum absolute atomic E-state index is 0.274. The molecule has 1 saturated carbocycles. The largest absolute Gasteiger partial charge is 0.329 e. The van der Waals surface area contributed by atoms with Crippen molar-refractivity contribution in [1.82, 2.24) is 4.90 Å². The van der Waals surface area contributed by atoms with Gasteiger partial charge in [0.2, 0.25) is 0 Å². The highest BCUT2D eigenvalue weighted by Gasteiger charge is 2.41. The van der Waals surface area contributed by atoms with E-state index in [2.05, 4.69) is 32.7 Å². The van der Waals surface area contributed by atoms with Crippen LogP contribution in [0.25, 0.3) is 0 Å². The Hall–Kier alpha value is -0.0800. The standard InChI is InChI=1S/C12H26N2/c1-5-14(4)12(10-13)8-6-7-11(2,3)9-12/h5-10,13H2,1-4H3. The van der Waals surface area contributed by atoms with Crippen molar-refractivity contribution in [2.45, 2.75) is 52.0 Å². The number of nitrogens with zero attached hydrogens (tertiary/aromatic N) is 1. The van der Waals surface area contributed by atoms with E-state index in [-0.39, 0.29) is 5.54 Å². The molecule has 1 atom stereocenters. The lowest BCUT2D eigenvalue weighted by Crippen LogP contribution is -2.56. The van der Waals surface area contributed by atoms with E-state index in [0.29, 0.717) is 5.41 Å². The van der Waals surface area contributed by atoms with Gasteiger partial charge in [-0.05, 0) is 38.3 Å². The Kier molecular flexibility index (Phi) is 3.59. The highest BCUT2D eigenvalue weighted by molar-refractivity contribution is 4.98. The van der Waals surface area contributed by atoms with Crippen LogP contribution in [0.15, 0.2) is 0 Å². The van der Waals surface area contributed by atoms with Crippen LogP contribution >= 0.6 is 0 Å². The molecule has 1 fully saturated rings. The quantitative estimate of drug-likeness (QED) is 0.753. The summed E-state index contributed by atoms with van der Waals surface area (Å²) < 4.78 is 0. The molecule has 0 aromatic heterocycles. The SMILES string of the molecule is CCN(C)C1(CN)CCCC(C)(C)C1. The van der Waals surface area contributed by atoms with Gasteiger partial charge in [-0.3, -0.25) is 4.90 Å². The molecule has 0 radical (unpaired) electrons. The second-order valence-electron chi connectivity index (χ2n) is 5.64. The molecule has 0 aliphatic heterocycles. The summed E-state index contributed by atoms with van der Waals surface area (Å²) in [5, 5.41) is 0. The summed E-state index contributed by atoms with van der Waals surface area (Å²) in [7, 11) is 2.22. The van der Waals surface area contributed by atoms with Crippen LogP contribution in [0.1, 0.15) is 46.5 Å². The molecule has 1 unspecified atom stereocenters. The molecule has 1 rings (SSSR count). The molecule has 2 heteroatoms. The van der Waals surface area contributed by atoms with E-state index in [1.807, 2.05) is 0 Å². The predicted molar refractivity (Wildman–Crippen MR) is 62.3 cm³/mol. The maximum absolute atomic E-state index is 5.99. The summed E-state index contributed by atoms with van der Waals surface area (Å²) in [6.07, 6.45) is 5.21. The Morgan fingerprint density at radius 1 is 1.29 bits per heavy atom. The van der Waals surface area contributed by atoms with Gasteiger partial charge in [0.05, 0.1) is 0 Å². The topological polar surface area (TPSA) is 29.3 Å². The summed E-state index contributed by atoms with van der Waals surface area (Å²) in [5.74, 6) is 0. The lowest BCUT2D eigenvalue weighted by atomic mass is 9.67. The normalized spacial score (nSPS) is 32.1. The van der Waals surface area contributed by atoms with Crippen LogP contribution in [0.5, 0.6) is 0 Å². The summed E-state index contributed by atoms with van der Waals surface area (Å²) in [4.78, 5) is 2.45. The lowest BCUT2D eigenvalue weighted by molar-refractivity contribution is 0.0309. The van der Waals surface area contributed by atoms with Gasteiger partial charge in [0.15, 0.2) is 0 Å². The highest BCUT2D eigenvalue weighted by Crippen LogP contribution is 2.42. The first kappa shape index (κ1) is 12.0. The van der Waals surface area contributed by atoms with Crippen molar-refractivity contribution in [3.05, 3.63) is 0 Å². The first-order valence-electron chi connectivity index (χ1n) is 5.87. The van der Waals surface area contributed by atoms with Gasteiger partial charge in [-0.1, -0.05) is 27.2 Å². The van der Waals surface area contributed by atoms with Crippen molar-refractivity contribution in [3.8, 4) is 0 Å². The van der Waals surface area contributed by atoms with Crippen molar-refractivity contribution in [3.63, 3.8) is 0 Å². The van der Waals surface area contributed by atoms with E-state index in [9.17, 15) is 0 Å². The maximum Gasteiger partial charge on any atom is 0.0333 e. The van der Waals surface area contributed by atoms with E-state index in [1.54, 1.807) is 0 Å². The number of rotatable bonds is 3. The van der Waals surface area contributed by atoms with Crippen molar-refractivity contribution in [2.75, 3.05) is 20.1 Å². The van der Waals surface area contributed by atoms with Gasteiger partial charge in [0, 0.05) is 12.1 Å². The molecule has 0 aromatic carbocycles. The van der Waals surface area contributed by atoms with Gasteiger partial charge >= 0.3 is 0 Å². The summed E-state index contributed by atoms with van der Waals surface area (Å²) in [6.45, 7) is 8.88. The molecular weight excluding hydrogens is 172 g/mol. The Morgan fingerprint density at radius 3 is 2.36 bits per heavy atom. The van der Waals surface area contributed by atoms with E-state index in [1.165, 1.54) is 25.7 Å². The third-order valence-electron chi connectivity index (χ3n) is 3.97. The van der Waals surface area contributed by atoms with Crippen LogP contribution in [-0.2, 0) is 0 Å². The van der Waals surface area contributed by atoms with Crippen molar-refractivity contribution < 1.29 is 0 Å². The molecule has 0 heterocycles. The molecule has 1 aliphatic carbocycles. The monoisotopic (exact) mass is 198 g/mol. The fraction of sp³-hybridized carbons (Fsp3) is 1.00. The summed E-state index contributed by atoms with van der Waals surface area (Å²) >= 11 is 0. The smallest absolute Gasteiger partial charge is 0.0333 e. The van der Waals surface area contributed by atoms with E-state index in [4.69, 9.17) is 5.73 Å². The maximum atomic E-state index is 5.99. The average molecular weight is 198 g/mol. The molecule has 0 amide bonds. The minimum Gasteiger partial charge on any atom is -0.329 e. The van der Waals surface area contributed by atoms with Crippen LogP contribution in [0.4, 0.5) is 0 Å². The highest BCUT2D eigenvalue weighted by atomic mass is 15.2. The third kappa shape index (κ3) is 2.29. The van der Waals surface area contributed by atoms with Gasteiger partial charge < -0.3 is 5.73 Å². The number of hydrogen-bond donors (Lipinski definition) is 1. The van der Waals surface area contributed by atoms with E-state index >= 15 is 0 Å². The van der Waals surface area contributed by atoms with E-state index in [0.717, 1.165) is 13.1 Å². The average Bonchev–Trinajstić information content (AvgIpc) is 2.14. The van der Waals surface area contributed by atoms with Gasteiger partial charge in [0.25, 0.3) is 0 Å².